The van der Waals surface area contributed by atoms with E-state index in [0.29, 0.717) is 5.02 Å². The van der Waals surface area contributed by atoms with Crippen molar-refractivity contribution in [1.29, 1.82) is 0 Å². The van der Waals surface area contributed by atoms with Crippen molar-refractivity contribution in [1.82, 2.24) is 15.5 Å². The van der Waals surface area contributed by atoms with Crippen molar-refractivity contribution in [3.05, 3.63) is 51.8 Å². The first kappa shape index (κ1) is 15.7. The van der Waals surface area contributed by atoms with Crippen LogP contribution in [0.1, 0.15) is 28.6 Å². The summed E-state index contributed by atoms with van der Waals surface area (Å²) in [4.78, 5) is 0. The molecule has 2 aromatic rings. The molecule has 112 valence electrons. The minimum absolute atomic E-state index is 0.131. The Balaban J connectivity index is 2.35. The Morgan fingerprint density at radius 1 is 1.24 bits per heavy atom. The van der Waals surface area contributed by atoms with Crippen molar-refractivity contribution in [2.24, 2.45) is 0 Å². The molecule has 1 heterocycles. The summed E-state index contributed by atoms with van der Waals surface area (Å²) in [6.45, 7) is 3.92. The topological polar surface area (TPSA) is 47.0 Å². The van der Waals surface area contributed by atoms with Crippen LogP contribution in [0.5, 0.6) is 5.75 Å². The van der Waals surface area contributed by atoms with Crippen LogP contribution in [0.2, 0.25) is 5.02 Å². The van der Waals surface area contributed by atoms with Gasteiger partial charge in [-0.05, 0) is 62.7 Å². The Morgan fingerprint density at radius 2 is 2.00 bits per heavy atom. The molecule has 0 radical (unpaired) electrons. The first-order valence-corrected chi connectivity index (χ1v) is 7.23. The number of likely N-dealkylation sites (N-methyl/N-ethyl adjacent to an activating group) is 1. The maximum absolute atomic E-state index is 6.10. The predicted molar refractivity (Wildman–Crippen MR) is 85.0 cm³/mol. The highest BCUT2D eigenvalue weighted by molar-refractivity contribution is 6.30. The fourth-order valence-corrected chi connectivity index (χ4v) is 2.61. The fraction of sp³-hybridized carbons (Fsp3) is 0.375. The van der Waals surface area contributed by atoms with Gasteiger partial charge in [-0.3, -0.25) is 0 Å². The molecule has 0 aliphatic rings. The SMILES string of the molecule is CNC(Cc1cc(Cl)ccc1OC)c1cc(C)nnc1C. The molecule has 1 aromatic heterocycles. The van der Waals surface area contributed by atoms with E-state index in [1.165, 1.54) is 0 Å². The zero-order chi connectivity index (χ0) is 15.4. The Morgan fingerprint density at radius 3 is 2.67 bits per heavy atom. The van der Waals surface area contributed by atoms with Crippen molar-refractivity contribution in [3.63, 3.8) is 0 Å². The fourth-order valence-electron chi connectivity index (χ4n) is 2.42. The number of aromatic nitrogens is 2. The standard InChI is InChI=1S/C16H20ClN3O/c1-10-7-14(11(2)20-19-10)15(18-3)9-12-8-13(17)5-6-16(12)21-4/h5-8,15,18H,9H2,1-4H3. The zero-order valence-electron chi connectivity index (χ0n) is 12.8. The number of methoxy groups -OCH3 is 1. The summed E-state index contributed by atoms with van der Waals surface area (Å²) in [6, 6.07) is 7.88. The number of nitrogens with zero attached hydrogens (tertiary/aromatic N) is 2. The molecule has 0 bridgehead atoms. The molecule has 1 N–H and O–H groups in total. The van der Waals surface area contributed by atoms with Gasteiger partial charge in [0.15, 0.2) is 0 Å². The van der Waals surface area contributed by atoms with Gasteiger partial charge in [-0.25, -0.2) is 0 Å². The van der Waals surface area contributed by atoms with Crippen LogP contribution in [0, 0.1) is 13.8 Å². The predicted octanol–water partition coefficient (Wildman–Crippen LogP) is 3.26. The van der Waals surface area contributed by atoms with Crippen molar-refractivity contribution in [2.75, 3.05) is 14.2 Å². The molecule has 1 aromatic carbocycles. The lowest BCUT2D eigenvalue weighted by atomic mass is 9.97. The molecule has 0 saturated heterocycles. The quantitative estimate of drug-likeness (QED) is 0.921. The third-order valence-corrected chi connectivity index (χ3v) is 3.77. The third-order valence-electron chi connectivity index (χ3n) is 3.53. The average Bonchev–Trinajstić information content (AvgIpc) is 2.47. The molecule has 0 amide bonds. The van der Waals surface area contributed by atoms with Crippen LogP contribution in [0.4, 0.5) is 0 Å². The molecule has 0 spiro atoms. The van der Waals surface area contributed by atoms with Crippen molar-refractivity contribution in [3.8, 4) is 5.75 Å². The highest BCUT2D eigenvalue weighted by Gasteiger charge is 2.16. The van der Waals surface area contributed by atoms with E-state index in [1.54, 1.807) is 7.11 Å². The van der Waals surface area contributed by atoms with Gasteiger partial charge in [0.05, 0.1) is 18.5 Å². The van der Waals surface area contributed by atoms with E-state index in [9.17, 15) is 0 Å². The number of rotatable bonds is 5. The smallest absolute Gasteiger partial charge is 0.122 e. The number of nitrogens with one attached hydrogen (secondary N) is 1. The summed E-state index contributed by atoms with van der Waals surface area (Å²) >= 11 is 6.10. The van der Waals surface area contributed by atoms with Gasteiger partial charge in [0.25, 0.3) is 0 Å². The highest BCUT2D eigenvalue weighted by atomic mass is 35.5. The summed E-state index contributed by atoms with van der Waals surface area (Å²) in [6.07, 6.45) is 0.770. The number of benzene rings is 1. The number of hydrogen-bond acceptors (Lipinski definition) is 4. The lowest BCUT2D eigenvalue weighted by Crippen LogP contribution is -2.21. The van der Waals surface area contributed by atoms with E-state index < -0.39 is 0 Å². The van der Waals surface area contributed by atoms with Gasteiger partial charge in [0, 0.05) is 11.1 Å². The normalized spacial score (nSPS) is 12.2. The minimum Gasteiger partial charge on any atom is -0.496 e. The van der Waals surface area contributed by atoms with Crippen LogP contribution >= 0.6 is 11.6 Å². The first-order chi connectivity index (χ1) is 10.0. The van der Waals surface area contributed by atoms with Gasteiger partial charge in [-0.1, -0.05) is 11.6 Å². The number of aryl methyl sites for hydroxylation is 2. The van der Waals surface area contributed by atoms with Gasteiger partial charge in [0.2, 0.25) is 0 Å². The molecule has 0 aliphatic heterocycles. The highest BCUT2D eigenvalue weighted by Crippen LogP contribution is 2.28. The van der Waals surface area contributed by atoms with Crippen LogP contribution in [-0.2, 0) is 6.42 Å². The van der Waals surface area contributed by atoms with Gasteiger partial charge in [-0.15, -0.1) is 0 Å². The van der Waals surface area contributed by atoms with Gasteiger partial charge < -0.3 is 10.1 Å². The maximum Gasteiger partial charge on any atom is 0.122 e. The lowest BCUT2D eigenvalue weighted by Gasteiger charge is -2.20. The van der Waals surface area contributed by atoms with Crippen LogP contribution in [0.3, 0.4) is 0 Å². The van der Waals surface area contributed by atoms with Crippen LogP contribution in [-0.4, -0.2) is 24.4 Å². The maximum atomic E-state index is 6.10. The van der Waals surface area contributed by atoms with Crippen LogP contribution < -0.4 is 10.1 Å². The summed E-state index contributed by atoms with van der Waals surface area (Å²) in [5, 5.41) is 12.3. The molecule has 2 rings (SSSR count). The van der Waals surface area contributed by atoms with E-state index in [0.717, 1.165) is 34.7 Å². The molecule has 21 heavy (non-hydrogen) atoms. The summed E-state index contributed by atoms with van der Waals surface area (Å²) in [5.74, 6) is 0.844. The zero-order valence-corrected chi connectivity index (χ0v) is 13.5. The Bertz CT molecular complexity index is 631. The van der Waals surface area contributed by atoms with E-state index in [2.05, 4.69) is 21.6 Å². The van der Waals surface area contributed by atoms with E-state index in [4.69, 9.17) is 16.3 Å². The average molecular weight is 306 g/mol. The molecular weight excluding hydrogens is 286 g/mol. The third kappa shape index (κ3) is 3.71. The van der Waals surface area contributed by atoms with E-state index in [1.807, 2.05) is 39.1 Å². The summed E-state index contributed by atoms with van der Waals surface area (Å²) in [5.41, 5.74) is 4.06. The molecule has 1 unspecified atom stereocenters. The molecule has 4 nitrogen and oxygen atoms in total. The van der Waals surface area contributed by atoms with E-state index in [-0.39, 0.29) is 6.04 Å². The molecular formula is C16H20ClN3O. The Hall–Kier alpha value is -1.65. The number of halogens is 1. The molecule has 1 atom stereocenters. The minimum atomic E-state index is 0.131. The van der Waals surface area contributed by atoms with Crippen LogP contribution in [0.25, 0.3) is 0 Å². The largest absolute Gasteiger partial charge is 0.496 e. The first-order valence-electron chi connectivity index (χ1n) is 6.85. The summed E-state index contributed by atoms with van der Waals surface area (Å²) in [7, 11) is 3.61. The van der Waals surface area contributed by atoms with Crippen molar-refractivity contribution in [2.45, 2.75) is 26.3 Å². The molecule has 0 saturated carbocycles. The summed E-state index contributed by atoms with van der Waals surface area (Å²) < 4.78 is 5.42. The molecule has 0 fully saturated rings. The monoisotopic (exact) mass is 305 g/mol. The van der Waals surface area contributed by atoms with Gasteiger partial charge in [0.1, 0.15) is 5.75 Å². The second kappa shape index (κ2) is 6.87. The van der Waals surface area contributed by atoms with Crippen molar-refractivity contribution < 1.29 is 4.74 Å². The second-order valence-corrected chi connectivity index (χ2v) is 5.46. The molecule has 0 aliphatic carbocycles. The Kier molecular flexibility index (Phi) is 5.15. The van der Waals surface area contributed by atoms with Crippen molar-refractivity contribution >= 4 is 11.6 Å². The number of hydrogen-bond donors (Lipinski definition) is 1. The lowest BCUT2D eigenvalue weighted by molar-refractivity contribution is 0.406. The van der Waals surface area contributed by atoms with E-state index >= 15 is 0 Å². The van der Waals surface area contributed by atoms with Crippen LogP contribution in [0.15, 0.2) is 24.3 Å². The second-order valence-electron chi connectivity index (χ2n) is 5.03. The van der Waals surface area contributed by atoms with Gasteiger partial charge >= 0.3 is 0 Å². The molecule has 5 heteroatoms. The van der Waals surface area contributed by atoms with Gasteiger partial charge in [-0.2, -0.15) is 10.2 Å². The Labute approximate surface area is 130 Å². The number of ether oxygens (including phenoxy) is 1.